The largest absolute Gasteiger partial charge is 0.481 e. The number of nitrogens with one attached hydrogen (secondary N) is 1. The Morgan fingerprint density at radius 3 is 2.23 bits per heavy atom. The molecule has 2 N–H and O–H groups in total. The highest BCUT2D eigenvalue weighted by molar-refractivity contribution is 6.00. The first-order valence-corrected chi connectivity index (χ1v) is 13.0. The minimum atomic E-state index is -1.13. The van der Waals surface area contributed by atoms with Gasteiger partial charge in [0.25, 0.3) is 11.8 Å². The summed E-state index contributed by atoms with van der Waals surface area (Å²) in [4.78, 5) is 67.5. The minimum absolute atomic E-state index is 0.0667. The molecule has 0 saturated carbocycles. The Morgan fingerprint density at radius 2 is 1.64 bits per heavy atom. The summed E-state index contributed by atoms with van der Waals surface area (Å²) in [6.45, 7) is 4.14. The molecule has 13 nitrogen and oxygen atoms in total. The summed E-state index contributed by atoms with van der Waals surface area (Å²) in [6, 6.07) is 9.18. The number of para-hydroxylation sites is 1. The first-order chi connectivity index (χ1) is 18.8. The SMILES string of the molecule is CCOC(=O)N1CCN(C(=O)[C@H](CCC(=O)O)NC(=O)c2cc(C(=O)N3CCC3)n(-c3ccccc3)n2)CC1. The number of carboxylic acids is 1. The average molecular weight is 541 g/mol. The van der Waals surface area contributed by atoms with Gasteiger partial charge in [-0.25, -0.2) is 9.48 Å². The lowest BCUT2D eigenvalue weighted by Crippen LogP contribution is -2.56. The molecule has 13 heteroatoms. The summed E-state index contributed by atoms with van der Waals surface area (Å²) in [6.07, 6.45) is -0.0222. The van der Waals surface area contributed by atoms with Crippen LogP contribution in [0.3, 0.4) is 0 Å². The van der Waals surface area contributed by atoms with Gasteiger partial charge in [0, 0.05) is 51.8 Å². The van der Waals surface area contributed by atoms with Gasteiger partial charge in [0.1, 0.15) is 11.7 Å². The number of carbonyl (C=O) groups is 5. The second kappa shape index (κ2) is 12.4. The van der Waals surface area contributed by atoms with E-state index < -0.39 is 29.9 Å². The molecule has 3 heterocycles. The van der Waals surface area contributed by atoms with Gasteiger partial charge in [0.05, 0.1) is 12.3 Å². The molecule has 2 aliphatic rings. The van der Waals surface area contributed by atoms with Crippen molar-refractivity contribution in [3.05, 3.63) is 47.8 Å². The Balaban J connectivity index is 1.51. The summed E-state index contributed by atoms with van der Waals surface area (Å²) in [5.41, 5.74) is 0.746. The molecule has 0 unspecified atom stereocenters. The molecule has 0 spiro atoms. The second-order valence-electron chi connectivity index (χ2n) is 9.28. The number of amides is 4. The Hall–Kier alpha value is -4.42. The Labute approximate surface area is 225 Å². The number of carboxylic acid groups (broad SMARTS) is 1. The Kier molecular flexibility index (Phi) is 8.79. The molecule has 1 atom stereocenters. The van der Waals surface area contributed by atoms with Crippen LogP contribution in [0.5, 0.6) is 0 Å². The molecule has 1 aromatic carbocycles. The Bertz CT molecular complexity index is 1220. The van der Waals surface area contributed by atoms with Crippen LogP contribution < -0.4 is 5.32 Å². The number of carbonyl (C=O) groups excluding carboxylic acids is 4. The lowest BCUT2D eigenvalue weighted by Gasteiger charge is -2.35. The van der Waals surface area contributed by atoms with Crippen LogP contribution in [0.25, 0.3) is 5.69 Å². The lowest BCUT2D eigenvalue weighted by atomic mass is 10.1. The van der Waals surface area contributed by atoms with Gasteiger partial charge in [-0.2, -0.15) is 5.10 Å². The van der Waals surface area contributed by atoms with E-state index >= 15 is 0 Å². The highest BCUT2D eigenvalue weighted by atomic mass is 16.6. The van der Waals surface area contributed by atoms with Crippen molar-refractivity contribution in [1.29, 1.82) is 0 Å². The van der Waals surface area contributed by atoms with Crippen LogP contribution in [0.4, 0.5) is 4.79 Å². The first kappa shape index (κ1) is 27.6. The number of benzene rings is 1. The number of likely N-dealkylation sites (tertiary alicyclic amines) is 1. The molecule has 0 bridgehead atoms. The van der Waals surface area contributed by atoms with Crippen molar-refractivity contribution in [3.8, 4) is 5.69 Å². The van der Waals surface area contributed by atoms with E-state index in [0.29, 0.717) is 18.8 Å². The smallest absolute Gasteiger partial charge is 0.409 e. The summed E-state index contributed by atoms with van der Waals surface area (Å²) in [5, 5.41) is 16.2. The van der Waals surface area contributed by atoms with E-state index in [2.05, 4.69) is 10.4 Å². The molecule has 1 aromatic heterocycles. The molecular formula is C26H32N6O7. The molecule has 0 aliphatic carbocycles. The van der Waals surface area contributed by atoms with Gasteiger partial charge in [-0.15, -0.1) is 0 Å². The van der Waals surface area contributed by atoms with E-state index in [1.807, 2.05) is 6.07 Å². The van der Waals surface area contributed by atoms with Crippen LogP contribution >= 0.6 is 0 Å². The highest BCUT2D eigenvalue weighted by Gasteiger charge is 2.32. The maximum atomic E-state index is 13.3. The molecule has 0 radical (unpaired) electrons. The van der Waals surface area contributed by atoms with Crippen molar-refractivity contribution in [1.82, 2.24) is 29.8 Å². The van der Waals surface area contributed by atoms with Gasteiger partial charge in [-0.05, 0) is 31.9 Å². The van der Waals surface area contributed by atoms with Crippen molar-refractivity contribution >= 4 is 29.8 Å². The van der Waals surface area contributed by atoms with E-state index in [1.54, 1.807) is 36.1 Å². The molecular weight excluding hydrogens is 508 g/mol. The van der Waals surface area contributed by atoms with Crippen molar-refractivity contribution in [3.63, 3.8) is 0 Å². The molecule has 2 saturated heterocycles. The number of rotatable bonds is 9. The fourth-order valence-corrected chi connectivity index (χ4v) is 4.39. The van der Waals surface area contributed by atoms with Crippen LogP contribution in [-0.2, 0) is 14.3 Å². The molecule has 2 fully saturated rings. The van der Waals surface area contributed by atoms with Crippen molar-refractivity contribution in [2.75, 3.05) is 45.9 Å². The molecule has 2 aliphatic heterocycles. The van der Waals surface area contributed by atoms with Crippen LogP contribution in [0.2, 0.25) is 0 Å². The van der Waals surface area contributed by atoms with Crippen LogP contribution in [0.1, 0.15) is 47.2 Å². The predicted octanol–water partition coefficient (Wildman–Crippen LogP) is 0.982. The van der Waals surface area contributed by atoms with Crippen molar-refractivity contribution in [2.24, 2.45) is 0 Å². The van der Waals surface area contributed by atoms with Gasteiger partial charge in [0.15, 0.2) is 5.69 Å². The third-order valence-corrected chi connectivity index (χ3v) is 6.67. The van der Waals surface area contributed by atoms with Crippen molar-refractivity contribution < 1.29 is 33.8 Å². The van der Waals surface area contributed by atoms with Crippen LogP contribution in [0.15, 0.2) is 36.4 Å². The highest BCUT2D eigenvalue weighted by Crippen LogP contribution is 2.18. The van der Waals surface area contributed by atoms with Gasteiger partial charge < -0.3 is 29.9 Å². The number of hydrogen-bond donors (Lipinski definition) is 2. The van der Waals surface area contributed by atoms with Gasteiger partial charge in [0.2, 0.25) is 5.91 Å². The molecule has 208 valence electrons. The molecule has 4 amide bonds. The number of piperazine rings is 1. The minimum Gasteiger partial charge on any atom is -0.481 e. The predicted molar refractivity (Wildman–Crippen MR) is 137 cm³/mol. The number of aliphatic carboxylic acids is 1. The van der Waals surface area contributed by atoms with Crippen LogP contribution in [0, 0.1) is 0 Å². The zero-order valence-corrected chi connectivity index (χ0v) is 21.7. The number of ether oxygens (including phenoxy) is 1. The summed E-state index contributed by atoms with van der Waals surface area (Å²) < 4.78 is 6.40. The zero-order valence-electron chi connectivity index (χ0n) is 21.7. The van der Waals surface area contributed by atoms with E-state index in [1.165, 1.54) is 20.5 Å². The molecule has 39 heavy (non-hydrogen) atoms. The fraction of sp³-hybridized carbons (Fsp3) is 0.462. The third-order valence-electron chi connectivity index (χ3n) is 6.67. The normalized spacial score (nSPS) is 15.8. The third kappa shape index (κ3) is 6.54. The summed E-state index contributed by atoms with van der Waals surface area (Å²) in [5.74, 6) is -2.51. The monoisotopic (exact) mass is 540 g/mol. The maximum absolute atomic E-state index is 13.3. The Morgan fingerprint density at radius 1 is 0.974 bits per heavy atom. The summed E-state index contributed by atoms with van der Waals surface area (Å²) in [7, 11) is 0. The number of nitrogens with zero attached hydrogens (tertiary/aromatic N) is 5. The molecule has 2 aromatic rings. The van der Waals surface area contributed by atoms with E-state index in [9.17, 15) is 29.1 Å². The second-order valence-corrected chi connectivity index (χ2v) is 9.28. The molecule has 4 rings (SSSR count). The topological polar surface area (TPSA) is 154 Å². The van der Waals surface area contributed by atoms with Crippen molar-refractivity contribution in [2.45, 2.75) is 32.2 Å². The quantitative estimate of drug-likeness (QED) is 0.477. The summed E-state index contributed by atoms with van der Waals surface area (Å²) >= 11 is 0. The fourth-order valence-electron chi connectivity index (χ4n) is 4.39. The van der Waals surface area contributed by atoms with E-state index in [4.69, 9.17) is 4.74 Å². The zero-order chi connectivity index (χ0) is 27.9. The lowest BCUT2D eigenvalue weighted by molar-refractivity contribution is -0.138. The van der Waals surface area contributed by atoms with Gasteiger partial charge in [-0.1, -0.05) is 18.2 Å². The van der Waals surface area contributed by atoms with Crippen LogP contribution in [-0.4, -0.2) is 111 Å². The number of hydrogen-bond acceptors (Lipinski definition) is 7. The average Bonchev–Trinajstić information content (AvgIpc) is 3.36. The maximum Gasteiger partial charge on any atom is 0.409 e. The van der Waals surface area contributed by atoms with E-state index in [-0.39, 0.29) is 62.9 Å². The number of aromatic nitrogens is 2. The van der Waals surface area contributed by atoms with E-state index in [0.717, 1.165) is 6.42 Å². The first-order valence-electron chi connectivity index (χ1n) is 13.0. The van der Waals surface area contributed by atoms with Gasteiger partial charge in [-0.3, -0.25) is 19.2 Å². The standard InChI is InChI=1S/C26H32N6O7/c1-2-39-26(38)31-15-13-30(14-16-31)24(36)19(9-10-22(33)34)27-23(35)20-17-21(25(37)29-11-6-12-29)32(28-20)18-7-4-3-5-8-18/h3-5,7-8,17,19H,2,6,9-16H2,1H3,(H,27,35)(H,33,34)/t19-/m0/s1. The van der Waals surface area contributed by atoms with Gasteiger partial charge >= 0.3 is 12.1 Å².